The number of piperidine rings is 1. The van der Waals surface area contributed by atoms with E-state index >= 15 is 0 Å². The van der Waals surface area contributed by atoms with Gasteiger partial charge in [-0.05, 0) is 111 Å². The van der Waals surface area contributed by atoms with E-state index in [2.05, 4.69) is 72.9 Å². The second-order valence-electron chi connectivity index (χ2n) is 19.3. The first kappa shape index (κ1) is 45.3. The van der Waals surface area contributed by atoms with Crippen molar-refractivity contribution in [3.05, 3.63) is 99.9 Å². The molecule has 0 radical (unpaired) electrons. The zero-order valence-electron chi connectivity index (χ0n) is 37.7. The fourth-order valence-electron chi connectivity index (χ4n) is 10.5. The van der Waals surface area contributed by atoms with Crippen LogP contribution in [0.5, 0.6) is 11.5 Å². The molecule has 4 aliphatic rings. The SMILES string of the molecule is CC(C)c1ccccc1[C@@H]1COCCN1C1CC2(CCN(c3ccc(C(=O)NS(=O)(=O)c4cnc(NCC5CCC(C)(O)CC5)c([N+](=O)[O-])c4)c(Oc4cc5cc[nH]c5nc4N)c3)CC2)C1. The fourth-order valence-corrected chi connectivity index (χ4v) is 11.4. The number of ether oxygens (including phenoxy) is 2. The highest BCUT2D eigenvalue weighted by atomic mass is 32.2. The van der Waals surface area contributed by atoms with Gasteiger partial charge in [-0.15, -0.1) is 0 Å². The Hall–Kier alpha value is -5.82. The van der Waals surface area contributed by atoms with Crippen LogP contribution >= 0.6 is 0 Å². The molecule has 2 aromatic carbocycles. The van der Waals surface area contributed by atoms with Gasteiger partial charge < -0.3 is 35.5 Å². The van der Waals surface area contributed by atoms with E-state index < -0.39 is 37.0 Å². The number of anilines is 3. The Morgan fingerprint density at radius 3 is 2.56 bits per heavy atom. The van der Waals surface area contributed by atoms with Crippen LogP contribution < -0.4 is 25.4 Å². The molecule has 1 atom stereocenters. The summed E-state index contributed by atoms with van der Waals surface area (Å²) in [5.74, 6) is -0.230. The summed E-state index contributed by atoms with van der Waals surface area (Å²) in [6.45, 7) is 10.6. The van der Waals surface area contributed by atoms with Gasteiger partial charge in [0.2, 0.25) is 5.82 Å². The second kappa shape index (κ2) is 18.1. The molecule has 2 aliphatic carbocycles. The van der Waals surface area contributed by atoms with E-state index in [0.717, 1.165) is 88.1 Å². The van der Waals surface area contributed by atoms with E-state index in [0.29, 0.717) is 43.6 Å². The molecule has 5 aromatic rings. The monoisotopic (exact) mass is 921 g/mol. The van der Waals surface area contributed by atoms with Gasteiger partial charge in [-0.25, -0.2) is 23.1 Å². The summed E-state index contributed by atoms with van der Waals surface area (Å²) < 4.78 is 42.0. The van der Waals surface area contributed by atoms with Crippen LogP contribution in [0.3, 0.4) is 0 Å². The fraction of sp³-hybridized carbons (Fsp3) is 0.479. The van der Waals surface area contributed by atoms with Gasteiger partial charge in [-0.3, -0.25) is 19.8 Å². The Kier molecular flexibility index (Phi) is 12.4. The van der Waals surface area contributed by atoms with E-state index in [4.69, 9.17) is 15.2 Å². The second-order valence-corrected chi connectivity index (χ2v) is 21.0. The number of pyridine rings is 2. The molecule has 9 rings (SSSR count). The van der Waals surface area contributed by atoms with Crippen LogP contribution in [0.15, 0.2) is 78.0 Å². The van der Waals surface area contributed by atoms with Crippen molar-refractivity contribution in [3.8, 4) is 11.5 Å². The molecule has 3 aromatic heterocycles. The quantitative estimate of drug-likeness (QED) is 0.0564. The van der Waals surface area contributed by atoms with Crippen molar-refractivity contribution in [2.24, 2.45) is 11.3 Å². The summed E-state index contributed by atoms with van der Waals surface area (Å²) in [4.78, 5) is 41.4. The number of hydrogen-bond donors (Lipinski definition) is 5. The lowest BCUT2D eigenvalue weighted by atomic mass is 9.59. The molecule has 4 fully saturated rings. The molecular formula is C48H59N9O8S. The summed E-state index contributed by atoms with van der Waals surface area (Å²) in [5.41, 5.74) is 9.27. The van der Waals surface area contributed by atoms with E-state index in [1.807, 2.05) is 0 Å². The van der Waals surface area contributed by atoms with Crippen molar-refractivity contribution < 1.29 is 32.7 Å². The van der Waals surface area contributed by atoms with Crippen molar-refractivity contribution in [1.29, 1.82) is 0 Å². The highest BCUT2D eigenvalue weighted by Crippen LogP contribution is 2.53. The normalized spacial score (nSPS) is 22.6. The van der Waals surface area contributed by atoms with E-state index in [-0.39, 0.29) is 46.1 Å². The van der Waals surface area contributed by atoms with Crippen LogP contribution in [0.2, 0.25) is 0 Å². The van der Waals surface area contributed by atoms with Crippen molar-refractivity contribution in [2.45, 2.75) is 101 Å². The number of nitrogens with one attached hydrogen (secondary N) is 3. The van der Waals surface area contributed by atoms with Gasteiger partial charge in [0.15, 0.2) is 11.6 Å². The number of rotatable bonds is 13. The molecule has 17 nitrogen and oxygen atoms in total. The number of morpholine rings is 1. The molecule has 2 saturated carbocycles. The number of sulfonamides is 1. The van der Waals surface area contributed by atoms with E-state index in [1.54, 1.807) is 37.4 Å². The third-order valence-electron chi connectivity index (χ3n) is 14.4. The maximum atomic E-state index is 14.0. The number of carbonyl (C=O) groups excluding carboxylic acids is 1. The van der Waals surface area contributed by atoms with Crippen molar-refractivity contribution in [3.63, 3.8) is 0 Å². The zero-order chi connectivity index (χ0) is 46.4. The number of nitrogens with zero attached hydrogens (tertiary/aromatic N) is 5. The first-order valence-corrected chi connectivity index (χ1v) is 24.5. The summed E-state index contributed by atoms with van der Waals surface area (Å²) in [7, 11) is -4.67. The van der Waals surface area contributed by atoms with Crippen molar-refractivity contribution >= 4 is 50.0 Å². The number of nitrogens with two attached hydrogens (primary N) is 1. The molecule has 0 bridgehead atoms. The van der Waals surface area contributed by atoms with Gasteiger partial charge in [-0.1, -0.05) is 38.1 Å². The third-order valence-corrected chi connectivity index (χ3v) is 15.7. The molecule has 6 N–H and O–H groups in total. The van der Waals surface area contributed by atoms with Crippen molar-refractivity contribution in [1.82, 2.24) is 24.6 Å². The number of benzene rings is 2. The number of aromatic amines is 1. The molecule has 1 amide bonds. The van der Waals surface area contributed by atoms with Gasteiger partial charge in [-0.2, -0.15) is 0 Å². The summed E-state index contributed by atoms with van der Waals surface area (Å²) >= 11 is 0. The number of carbonyl (C=O) groups is 1. The molecule has 350 valence electrons. The first-order valence-electron chi connectivity index (χ1n) is 23.0. The van der Waals surface area contributed by atoms with Crippen LogP contribution in [0, 0.1) is 21.4 Å². The van der Waals surface area contributed by atoms with Gasteiger partial charge in [0.05, 0.1) is 41.5 Å². The Bertz CT molecular complexity index is 2720. The lowest BCUT2D eigenvalue weighted by Crippen LogP contribution is -2.58. The maximum Gasteiger partial charge on any atom is 0.312 e. The van der Waals surface area contributed by atoms with Crippen LogP contribution in [0.25, 0.3) is 11.0 Å². The van der Waals surface area contributed by atoms with E-state index in [1.165, 1.54) is 17.2 Å². The molecule has 2 aliphatic heterocycles. The van der Waals surface area contributed by atoms with Gasteiger partial charge >= 0.3 is 5.69 Å². The third kappa shape index (κ3) is 9.41. The largest absolute Gasteiger partial charge is 0.453 e. The molecule has 66 heavy (non-hydrogen) atoms. The number of nitro groups is 1. The van der Waals surface area contributed by atoms with Crippen LogP contribution in [0.1, 0.15) is 106 Å². The minimum absolute atomic E-state index is 0.0560. The lowest BCUT2D eigenvalue weighted by Gasteiger charge is -2.57. The molecule has 18 heteroatoms. The number of fused-ring (bicyclic) bond motifs is 1. The van der Waals surface area contributed by atoms with Crippen LogP contribution in [0.4, 0.5) is 23.0 Å². The van der Waals surface area contributed by atoms with Gasteiger partial charge in [0, 0.05) is 61.6 Å². The number of nitrogen functional groups attached to an aromatic ring is 1. The molecule has 1 spiro atoms. The van der Waals surface area contributed by atoms with E-state index in [9.17, 15) is 28.4 Å². The van der Waals surface area contributed by atoms with Gasteiger partial charge in [0.1, 0.15) is 16.3 Å². The van der Waals surface area contributed by atoms with Crippen LogP contribution in [-0.2, 0) is 14.8 Å². The molecule has 0 unspecified atom stereocenters. The standard InChI is InChI=1S/C48H59N9O8S/c1-30(2)36-6-4-5-7-37(36)40-29-64-21-20-56(40)34-25-48(26-34)15-18-55(19-16-48)33-8-9-38(41(23-33)65-42-22-32-12-17-50-44(32)53-43(42)49)46(58)54-66(62,63)35-24-39(57(60)61)45(52-28-35)51-27-31-10-13-47(3,59)14-11-31/h4-9,12,17,22-24,28,30-31,34,40,59H,10-11,13-16,18-21,25-27,29H2,1-3H3,(H,51,52)(H,54,58)(H3,49,50,53)/t31?,40-,47?/m0/s1. The number of H-pyrrole nitrogens is 1. The summed E-state index contributed by atoms with van der Waals surface area (Å²) in [6.07, 6.45) is 9.62. The maximum absolute atomic E-state index is 14.0. The number of hydrogen-bond acceptors (Lipinski definition) is 14. The topological polar surface area (TPSA) is 231 Å². The molecule has 5 heterocycles. The van der Waals surface area contributed by atoms with Crippen molar-refractivity contribution in [2.75, 3.05) is 55.3 Å². The highest BCUT2D eigenvalue weighted by Gasteiger charge is 2.50. The zero-order valence-corrected chi connectivity index (χ0v) is 38.5. The average Bonchev–Trinajstić information content (AvgIpc) is 3.74. The summed E-state index contributed by atoms with van der Waals surface area (Å²) in [5, 5.41) is 26.2. The van der Waals surface area contributed by atoms with Gasteiger partial charge in [0.25, 0.3) is 15.9 Å². The smallest absolute Gasteiger partial charge is 0.312 e. The predicted octanol–water partition coefficient (Wildman–Crippen LogP) is 7.66. The number of amides is 1. The first-order chi connectivity index (χ1) is 31.6. The molecule has 2 saturated heterocycles. The predicted molar refractivity (Wildman–Crippen MR) is 251 cm³/mol. The molecular weight excluding hydrogens is 863 g/mol. The minimum atomic E-state index is -4.67. The highest BCUT2D eigenvalue weighted by molar-refractivity contribution is 7.90. The Labute approximate surface area is 384 Å². The number of aliphatic hydroxyl groups is 1. The Morgan fingerprint density at radius 1 is 1.06 bits per heavy atom. The Balaban J connectivity index is 0.910. The number of aromatic nitrogens is 3. The Morgan fingerprint density at radius 2 is 1.82 bits per heavy atom. The minimum Gasteiger partial charge on any atom is -0.453 e. The lowest BCUT2D eigenvalue weighted by molar-refractivity contribution is -0.384. The van der Waals surface area contributed by atoms with Crippen LogP contribution in [-0.4, -0.2) is 95.2 Å². The summed E-state index contributed by atoms with van der Waals surface area (Å²) in [6, 6.07) is 18.9. The average molecular weight is 922 g/mol.